The molecular weight excluding hydrogens is 393 g/mol. The molecule has 1 atom stereocenters. The maximum Gasteiger partial charge on any atom is 0.416 e. The number of anilines is 1. The number of alkyl halides is 3. The summed E-state index contributed by atoms with van der Waals surface area (Å²) in [6.07, 6.45) is -4.48. The van der Waals surface area contributed by atoms with Crippen molar-refractivity contribution in [2.75, 3.05) is 12.4 Å². The van der Waals surface area contributed by atoms with Gasteiger partial charge in [-0.15, -0.1) is 0 Å². The highest BCUT2D eigenvalue weighted by Gasteiger charge is 2.30. The molecule has 0 radical (unpaired) electrons. The van der Waals surface area contributed by atoms with Crippen LogP contribution in [0.15, 0.2) is 78.9 Å². The number of rotatable bonds is 7. The van der Waals surface area contributed by atoms with Gasteiger partial charge in [0.25, 0.3) is 0 Å². The molecule has 2 N–H and O–H groups in total. The van der Waals surface area contributed by atoms with Gasteiger partial charge < -0.3 is 10.1 Å². The monoisotopic (exact) mass is 414 g/mol. The lowest BCUT2D eigenvalue weighted by atomic mass is 10.1. The Hall–Kier alpha value is -3.32. The molecule has 0 unspecified atom stereocenters. The van der Waals surface area contributed by atoms with Crippen molar-refractivity contribution >= 4 is 11.6 Å². The van der Waals surface area contributed by atoms with Crippen LogP contribution in [-0.2, 0) is 17.5 Å². The topological polar surface area (TPSA) is 50.4 Å². The number of methoxy groups -OCH3 is 1. The third-order valence-corrected chi connectivity index (χ3v) is 4.50. The average Bonchev–Trinajstić information content (AvgIpc) is 2.74. The Kier molecular flexibility index (Phi) is 6.74. The number of ether oxygens (including phenoxy) is 1. The molecule has 0 spiro atoms. The smallest absolute Gasteiger partial charge is 0.416 e. The molecule has 0 aromatic heterocycles. The molecule has 0 saturated carbocycles. The molecular formula is C23H21F3N2O2. The zero-order chi connectivity index (χ0) is 21.6. The molecule has 0 aliphatic carbocycles. The van der Waals surface area contributed by atoms with E-state index in [9.17, 15) is 18.0 Å². The molecule has 7 heteroatoms. The van der Waals surface area contributed by atoms with Crippen molar-refractivity contribution in [2.45, 2.75) is 18.8 Å². The SMILES string of the molecule is COc1cccc(CN[C@H](C(=O)Nc2cccc(C(F)(F)F)c2)c2ccccc2)c1. The molecule has 0 aliphatic heterocycles. The maximum absolute atomic E-state index is 13.0. The Balaban J connectivity index is 1.79. The minimum atomic E-state index is -4.48. The highest BCUT2D eigenvalue weighted by molar-refractivity contribution is 5.95. The largest absolute Gasteiger partial charge is 0.497 e. The Bertz CT molecular complexity index is 991. The van der Waals surface area contributed by atoms with Gasteiger partial charge in [-0.05, 0) is 41.5 Å². The molecule has 3 aromatic rings. The van der Waals surface area contributed by atoms with Gasteiger partial charge >= 0.3 is 6.18 Å². The van der Waals surface area contributed by atoms with Gasteiger partial charge in [-0.3, -0.25) is 10.1 Å². The third-order valence-electron chi connectivity index (χ3n) is 4.50. The van der Waals surface area contributed by atoms with E-state index in [1.54, 1.807) is 31.4 Å². The van der Waals surface area contributed by atoms with Crippen molar-refractivity contribution in [2.24, 2.45) is 0 Å². The van der Waals surface area contributed by atoms with Crippen LogP contribution in [-0.4, -0.2) is 13.0 Å². The van der Waals surface area contributed by atoms with Gasteiger partial charge in [-0.1, -0.05) is 48.5 Å². The van der Waals surface area contributed by atoms with E-state index in [-0.39, 0.29) is 5.69 Å². The van der Waals surface area contributed by atoms with Crippen LogP contribution in [0.4, 0.5) is 18.9 Å². The summed E-state index contributed by atoms with van der Waals surface area (Å²) in [6, 6.07) is 20.2. The summed E-state index contributed by atoms with van der Waals surface area (Å²) in [5.74, 6) is 0.238. The minimum absolute atomic E-state index is 0.0823. The van der Waals surface area contributed by atoms with Crippen molar-refractivity contribution in [3.05, 3.63) is 95.6 Å². The van der Waals surface area contributed by atoms with E-state index < -0.39 is 23.7 Å². The summed E-state index contributed by atoms with van der Waals surface area (Å²) in [5.41, 5.74) is 0.867. The maximum atomic E-state index is 13.0. The van der Waals surface area contributed by atoms with E-state index in [0.29, 0.717) is 17.9 Å². The lowest BCUT2D eigenvalue weighted by Crippen LogP contribution is -2.32. The van der Waals surface area contributed by atoms with Crippen molar-refractivity contribution in [1.82, 2.24) is 5.32 Å². The van der Waals surface area contributed by atoms with Gasteiger partial charge in [0, 0.05) is 12.2 Å². The number of amides is 1. The predicted molar refractivity (Wildman–Crippen MR) is 109 cm³/mol. The molecule has 0 fully saturated rings. The van der Waals surface area contributed by atoms with E-state index in [1.165, 1.54) is 12.1 Å². The van der Waals surface area contributed by atoms with Gasteiger partial charge in [-0.2, -0.15) is 13.2 Å². The van der Waals surface area contributed by atoms with Gasteiger partial charge in [0.15, 0.2) is 0 Å². The first-order valence-corrected chi connectivity index (χ1v) is 9.26. The fraction of sp³-hybridized carbons (Fsp3) is 0.174. The summed E-state index contributed by atoms with van der Waals surface area (Å²) in [6.45, 7) is 0.368. The Morgan fingerprint density at radius 1 is 0.967 bits per heavy atom. The number of carbonyl (C=O) groups is 1. The van der Waals surface area contributed by atoms with Crippen molar-refractivity contribution in [1.29, 1.82) is 0 Å². The van der Waals surface area contributed by atoms with Crippen molar-refractivity contribution in [3.63, 3.8) is 0 Å². The number of hydrogen-bond acceptors (Lipinski definition) is 3. The van der Waals surface area contributed by atoms with E-state index in [4.69, 9.17) is 4.74 Å². The molecule has 156 valence electrons. The lowest BCUT2D eigenvalue weighted by Gasteiger charge is -2.20. The molecule has 0 bridgehead atoms. The first-order valence-electron chi connectivity index (χ1n) is 9.26. The summed E-state index contributed by atoms with van der Waals surface area (Å²) in [4.78, 5) is 12.9. The van der Waals surface area contributed by atoms with Gasteiger partial charge in [0.2, 0.25) is 5.91 Å². The van der Waals surface area contributed by atoms with Crippen LogP contribution in [0, 0.1) is 0 Å². The summed E-state index contributed by atoms with van der Waals surface area (Å²) >= 11 is 0. The van der Waals surface area contributed by atoms with Gasteiger partial charge in [-0.25, -0.2) is 0 Å². The number of benzene rings is 3. The molecule has 3 rings (SSSR count). The predicted octanol–water partition coefficient (Wildman–Crippen LogP) is 5.18. The van der Waals surface area contributed by atoms with Crippen LogP contribution < -0.4 is 15.4 Å². The highest BCUT2D eigenvalue weighted by atomic mass is 19.4. The molecule has 0 aliphatic rings. The molecule has 4 nitrogen and oxygen atoms in total. The zero-order valence-electron chi connectivity index (χ0n) is 16.2. The van der Waals surface area contributed by atoms with E-state index >= 15 is 0 Å². The van der Waals surface area contributed by atoms with Gasteiger partial charge in [0.05, 0.1) is 12.7 Å². The van der Waals surface area contributed by atoms with Crippen molar-refractivity contribution < 1.29 is 22.7 Å². The van der Waals surface area contributed by atoms with Crippen molar-refractivity contribution in [3.8, 4) is 5.75 Å². The van der Waals surface area contributed by atoms with Crippen LogP contribution in [0.25, 0.3) is 0 Å². The molecule has 3 aromatic carbocycles. The fourth-order valence-corrected chi connectivity index (χ4v) is 3.00. The summed E-state index contributed by atoms with van der Waals surface area (Å²) in [5, 5.41) is 5.76. The van der Waals surface area contributed by atoms with Crippen LogP contribution in [0.2, 0.25) is 0 Å². The molecule has 0 heterocycles. The second-order valence-electron chi connectivity index (χ2n) is 6.64. The fourth-order valence-electron chi connectivity index (χ4n) is 3.00. The summed E-state index contributed by atoms with van der Waals surface area (Å²) in [7, 11) is 1.57. The number of hydrogen-bond donors (Lipinski definition) is 2. The van der Waals surface area contributed by atoms with E-state index in [2.05, 4.69) is 10.6 Å². The average molecular weight is 414 g/mol. The van der Waals surface area contributed by atoms with E-state index in [1.807, 2.05) is 30.3 Å². The van der Waals surface area contributed by atoms with Crippen LogP contribution >= 0.6 is 0 Å². The third kappa shape index (κ3) is 5.61. The molecule has 30 heavy (non-hydrogen) atoms. The van der Waals surface area contributed by atoms with Crippen LogP contribution in [0.5, 0.6) is 5.75 Å². The number of nitrogens with one attached hydrogen (secondary N) is 2. The normalized spacial score (nSPS) is 12.3. The van der Waals surface area contributed by atoms with Gasteiger partial charge in [0.1, 0.15) is 11.8 Å². The van der Waals surface area contributed by atoms with Crippen LogP contribution in [0.3, 0.4) is 0 Å². The Morgan fingerprint density at radius 3 is 2.40 bits per heavy atom. The first-order chi connectivity index (χ1) is 14.4. The Morgan fingerprint density at radius 2 is 1.70 bits per heavy atom. The Labute approximate surface area is 172 Å². The second kappa shape index (κ2) is 9.45. The lowest BCUT2D eigenvalue weighted by molar-refractivity contribution is -0.137. The second-order valence-corrected chi connectivity index (χ2v) is 6.64. The van der Waals surface area contributed by atoms with E-state index in [0.717, 1.165) is 17.7 Å². The standard InChI is InChI=1S/C23H21F3N2O2/c1-30-20-12-5-7-16(13-20)15-27-21(17-8-3-2-4-9-17)22(29)28-19-11-6-10-18(14-19)23(24,25)26/h2-14,21,27H,15H2,1H3,(H,28,29)/t21-/m0/s1. The molecule has 0 saturated heterocycles. The quantitative estimate of drug-likeness (QED) is 0.560. The number of carbonyl (C=O) groups excluding carboxylic acids is 1. The van der Waals surface area contributed by atoms with Crippen LogP contribution in [0.1, 0.15) is 22.7 Å². The summed E-state index contributed by atoms with van der Waals surface area (Å²) < 4.78 is 44.1. The zero-order valence-corrected chi connectivity index (χ0v) is 16.2. The number of halogens is 3. The highest BCUT2D eigenvalue weighted by Crippen LogP contribution is 2.31. The minimum Gasteiger partial charge on any atom is -0.497 e. The first kappa shape index (κ1) is 21.4. The molecule has 1 amide bonds.